The van der Waals surface area contributed by atoms with E-state index < -0.39 is 12.0 Å². The van der Waals surface area contributed by atoms with Crippen molar-refractivity contribution in [3.05, 3.63) is 0 Å². The fraction of sp³-hybridized carbons (Fsp3) is 1.00. The van der Waals surface area contributed by atoms with E-state index in [1.807, 2.05) is 0 Å². The van der Waals surface area contributed by atoms with Crippen LogP contribution >= 0.6 is 0 Å². The second-order valence-electron chi connectivity index (χ2n) is 2.80. The second-order valence-corrected chi connectivity index (χ2v) is 2.80. The highest BCUT2D eigenvalue weighted by Gasteiger charge is 2.48. The fourth-order valence-electron chi connectivity index (χ4n) is 1.13. The SMILES string of the molecule is COC1CC(N)(C(F)F)C1. The van der Waals surface area contributed by atoms with Crippen molar-refractivity contribution in [1.82, 2.24) is 0 Å². The molecule has 0 aliphatic heterocycles. The van der Waals surface area contributed by atoms with Crippen LogP contribution in [0.25, 0.3) is 0 Å². The fourth-order valence-corrected chi connectivity index (χ4v) is 1.13. The normalized spacial score (nSPS) is 39.9. The van der Waals surface area contributed by atoms with Gasteiger partial charge in [-0.1, -0.05) is 0 Å². The van der Waals surface area contributed by atoms with E-state index in [0.717, 1.165) is 0 Å². The topological polar surface area (TPSA) is 35.2 Å². The van der Waals surface area contributed by atoms with Crippen LogP contribution in [0.5, 0.6) is 0 Å². The molecule has 0 unspecified atom stereocenters. The molecule has 0 atom stereocenters. The second kappa shape index (κ2) is 2.43. The molecule has 0 saturated heterocycles. The minimum Gasteiger partial charge on any atom is -0.381 e. The summed E-state index contributed by atoms with van der Waals surface area (Å²) >= 11 is 0. The van der Waals surface area contributed by atoms with E-state index in [-0.39, 0.29) is 18.9 Å². The zero-order valence-corrected chi connectivity index (χ0v) is 5.81. The summed E-state index contributed by atoms with van der Waals surface area (Å²) in [6, 6.07) is 0. The summed E-state index contributed by atoms with van der Waals surface area (Å²) in [5.41, 5.74) is 4.02. The molecule has 0 spiro atoms. The van der Waals surface area contributed by atoms with Crippen LogP contribution in [0.2, 0.25) is 0 Å². The van der Waals surface area contributed by atoms with E-state index in [1.165, 1.54) is 7.11 Å². The van der Waals surface area contributed by atoms with Crippen LogP contribution in [0.4, 0.5) is 8.78 Å². The van der Waals surface area contributed by atoms with Crippen molar-refractivity contribution in [1.29, 1.82) is 0 Å². The maximum atomic E-state index is 12.0. The van der Waals surface area contributed by atoms with Crippen molar-refractivity contribution in [3.8, 4) is 0 Å². The van der Waals surface area contributed by atoms with Gasteiger partial charge in [-0.3, -0.25) is 0 Å². The van der Waals surface area contributed by atoms with Crippen molar-refractivity contribution in [2.45, 2.75) is 30.9 Å². The molecule has 1 saturated carbocycles. The first kappa shape index (κ1) is 7.88. The van der Waals surface area contributed by atoms with Gasteiger partial charge in [0.2, 0.25) is 0 Å². The Kier molecular flexibility index (Phi) is 1.92. The molecule has 0 heterocycles. The third kappa shape index (κ3) is 1.13. The molecule has 0 radical (unpaired) electrons. The van der Waals surface area contributed by atoms with Crippen LogP contribution in [0.15, 0.2) is 0 Å². The van der Waals surface area contributed by atoms with E-state index in [4.69, 9.17) is 10.5 Å². The summed E-state index contributed by atoms with van der Waals surface area (Å²) in [7, 11) is 1.51. The van der Waals surface area contributed by atoms with E-state index in [9.17, 15) is 8.78 Å². The minimum absolute atomic E-state index is 0.0565. The molecule has 10 heavy (non-hydrogen) atoms. The summed E-state index contributed by atoms with van der Waals surface area (Å²) in [4.78, 5) is 0. The third-order valence-electron chi connectivity index (χ3n) is 1.98. The molecular weight excluding hydrogens is 140 g/mol. The van der Waals surface area contributed by atoms with Crippen LogP contribution in [-0.2, 0) is 4.74 Å². The highest BCUT2D eigenvalue weighted by atomic mass is 19.3. The van der Waals surface area contributed by atoms with E-state index in [2.05, 4.69) is 0 Å². The monoisotopic (exact) mass is 151 g/mol. The van der Waals surface area contributed by atoms with Crippen LogP contribution in [-0.4, -0.2) is 25.2 Å². The quantitative estimate of drug-likeness (QED) is 0.632. The van der Waals surface area contributed by atoms with Gasteiger partial charge in [0, 0.05) is 7.11 Å². The molecule has 60 valence electrons. The number of nitrogens with two attached hydrogens (primary N) is 1. The average molecular weight is 151 g/mol. The van der Waals surface area contributed by atoms with E-state index >= 15 is 0 Å². The van der Waals surface area contributed by atoms with Gasteiger partial charge in [-0.05, 0) is 12.8 Å². The summed E-state index contributed by atoms with van der Waals surface area (Å²) in [6.07, 6.45) is -1.92. The van der Waals surface area contributed by atoms with Crippen molar-refractivity contribution in [2.75, 3.05) is 7.11 Å². The molecule has 1 fully saturated rings. The number of methoxy groups -OCH3 is 1. The molecule has 0 aromatic rings. The van der Waals surface area contributed by atoms with Crippen LogP contribution < -0.4 is 5.73 Å². The molecule has 0 bridgehead atoms. The molecule has 0 amide bonds. The Labute approximate surface area is 58.3 Å². The van der Waals surface area contributed by atoms with Gasteiger partial charge >= 0.3 is 0 Å². The number of rotatable bonds is 2. The first-order chi connectivity index (χ1) is 4.58. The first-order valence-corrected chi connectivity index (χ1v) is 3.18. The lowest BCUT2D eigenvalue weighted by atomic mass is 9.75. The van der Waals surface area contributed by atoms with Gasteiger partial charge < -0.3 is 10.5 Å². The van der Waals surface area contributed by atoms with Crippen LogP contribution in [0, 0.1) is 0 Å². The molecule has 4 heteroatoms. The highest BCUT2D eigenvalue weighted by Crippen LogP contribution is 2.36. The molecule has 0 aromatic heterocycles. The highest BCUT2D eigenvalue weighted by molar-refractivity contribution is 5.01. The van der Waals surface area contributed by atoms with Gasteiger partial charge in [-0.15, -0.1) is 0 Å². The number of ether oxygens (including phenoxy) is 1. The van der Waals surface area contributed by atoms with Gasteiger partial charge in [-0.2, -0.15) is 0 Å². The number of halogens is 2. The summed E-state index contributed by atoms with van der Waals surface area (Å²) < 4.78 is 28.8. The molecule has 1 aliphatic carbocycles. The summed E-state index contributed by atoms with van der Waals surface area (Å²) in [5.74, 6) is 0. The van der Waals surface area contributed by atoms with Crippen molar-refractivity contribution in [3.63, 3.8) is 0 Å². The Morgan fingerprint density at radius 1 is 1.60 bits per heavy atom. The lowest BCUT2D eigenvalue weighted by molar-refractivity contribution is -0.0821. The van der Waals surface area contributed by atoms with Gasteiger partial charge in [0.05, 0.1) is 11.6 Å². The Morgan fingerprint density at radius 3 is 2.40 bits per heavy atom. The Hall–Kier alpha value is -0.220. The maximum absolute atomic E-state index is 12.0. The van der Waals surface area contributed by atoms with E-state index in [0.29, 0.717) is 0 Å². The average Bonchev–Trinajstić information content (AvgIpc) is 1.80. The van der Waals surface area contributed by atoms with Gasteiger partial charge in [0.15, 0.2) is 0 Å². The Balaban J connectivity index is 2.34. The van der Waals surface area contributed by atoms with Gasteiger partial charge in [0.25, 0.3) is 6.43 Å². The zero-order chi connectivity index (χ0) is 7.78. The Morgan fingerprint density at radius 2 is 2.10 bits per heavy atom. The predicted octanol–water partition coefficient (Wildman–Crippen LogP) is 0.758. The van der Waals surface area contributed by atoms with E-state index in [1.54, 1.807) is 0 Å². The van der Waals surface area contributed by atoms with Gasteiger partial charge in [-0.25, -0.2) is 8.78 Å². The molecule has 0 aromatic carbocycles. The summed E-state index contributed by atoms with van der Waals surface area (Å²) in [5, 5.41) is 0. The van der Waals surface area contributed by atoms with Gasteiger partial charge in [0.1, 0.15) is 0 Å². The maximum Gasteiger partial charge on any atom is 0.256 e. The minimum atomic E-state index is -2.42. The molecular formula is C6H11F2NO. The summed E-state index contributed by atoms with van der Waals surface area (Å²) in [6.45, 7) is 0. The lowest BCUT2D eigenvalue weighted by Crippen LogP contribution is -2.59. The zero-order valence-electron chi connectivity index (χ0n) is 5.81. The van der Waals surface area contributed by atoms with Crippen molar-refractivity contribution < 1.29 is 13.5 Å². The van der Waals surface area contributed by atoms with Crippen LogP contribution in [0.1, 0.15) is 12.8 Å². The number of alkyl halides is 2. The van der Waals surface area contributed by atoms with Crippen LogP contribution in [0.3, 0.4) is 0 Å². The van der Waals surface area contributed by atoms with Crippen molar-refractivity contribution >= 4 is 0 Å². The third-order valence-corrected chi connectivity index (χ3v) is 1.98. The predicted molar refractivity (Wildman–Crippen MR) is 33.0 cm³/mol. The Bertz CT molecular complexity index is 123. The van der Waals surface area contributed by atoms with Crippen molar-refractivity contribution in [2.24, 2.45) is 5.73 Å². The smallest absolute Gasteiger partial charge is 0.256 e. The molecule has 1 rings (SSSR count). The first-order valence-electron chi connectivity index (χ1n) is 3.18. The molecule has 1 aliphatic rings. The number of hydrogen-bond donors (Lipinski definition) is 1. The lowest BCUT2D eigenvalue weighted by Gasteiger charge is -2.43. The number of hydrogen-bond acceptors (Lipinski definition) is 2. The standard InChI is InChI=1S/C6H11F2NO/c1-10-4-2-6(9,3-4)5(7)8/h4-5H,2-3,9H2,1H3. The molecule has 2 nitrogen and oxygen atoms in total. The molecule has 2 N–H and O–H groups in total. The largest absolute Gasteiger partial charge is 0.381 e.